The van der Waals surface area contributed by atoms with Gasteiger partial charge in [0.2, 0.25) is 0 Å². The van der Waals surface area contributed by atoms with E-state index in [9.17, 15) is 8.42 Å². The third-order valence-electron chi connectivity index (χ3n) is 2.60. The average Bonchev–Trinajstić information content (AvgIpc) is 2.65. The van der Waals surface area contributed by atoms with Crippen LogP contribution in [-0.2, 0) is 16.4 Å². The van der Waals surface area contributed by atoms with Gasteiger partial charge in [0, 0.05) is 24.5 Å². The van der Waals surface area contributed by atoms with Crippen molar-refractivity contribution in [3.63, 3.8) is 0 Å². The number of nitrogens with one attached hydrogen (secondary N) is 2. The molecule has 0 spiro atoms. The Labute approximate surface area is 89.2 Å². The van der Waals surface area contributed by atoms with E-state index in [1.54, 1.807) is 6.20 Å². The van der Waals surface area contributed by atoms with E-state index in [4.69, 9.17) is 0 Å². The van der Waals surface area contributed by atoms with Gasteiger partial charge in [-0.1, -0.05) is 0 Å². The van der Waals surface area contributed by atoms with Crippen LogP contribution in [0.15, 0.2) is 12.3 Å². The number of H-pyrrole nitrogens is 1. The Bertz CT molecular complexity index is 399. The SMILES string of the molecule is O=S1(=O)CCCC(NCc2ccn[nH]2)C1. The second-order valence-corrected chi connectivity index (χ2v) is 6.15. The van der Waals surface area contributed by atoms with E-state index < -0.39 is 9.84 Å². The Morgan fingerprint density at radius 3 is 3.13 bits per heavy atom. The van der Waals surface area contributed by atoms with Crippen molar-refractivity contribution < 1.29 is 8.42 Å². The van der Waals surface area contributed by atoms with E-state index in [0.717, 1.165) is 18.5 Å². The van der Waals surface area contributed by atoms with E-state index in [0.29, 0.717) is 12.3 Å². The van der Waals surface area contributed by atoms with Gasteiger partial charge in [-0.05, 0) is 18.9 Å². The summed E-state index contributed by atoms with van der Waals surface area (Å²) in [5.74, 6) is 0.608. The topological polar surface area (TPSA) is 74.8 Å². The zero-order valence-corrected chi connectivity index (χ0v) is 9.26. The van der Waals surface area contributed by atoms with Gasteiger partial charge in [0.15, 0.2) is 9.84 Å². The highest BCUT2D eigenvalue weighted by Gasteiger charge is 2.24. The highest BCUT2D eigenvalue weighted by atomic mass is 32.2. The lowest BCUT2D eigenvalue weighted by Crippen LogP contribution is -2.39. The molecule has 6 heteroatoms. The summed E-state index contributed by atoms with van der Waals surface area (Å²) < 4.78 is 22.7. The molecule has 1 aromatic heterocycles. The second kappa shape index (κ2) is 4.32. The molecule has 0 aromatic carbocycles. The molecule has 1 aliphatic heterocycles. The summed E-state index contributed by atoms with van der Waals surface area (Å²) in [4.78, 5) is 0. The lowest BCUT2D eigenvalue weighted by atomic mass is 10.2. The zero-order chi connectivity index (χ0) is 10.7. The van der Waals surface area contributed by atoms with Crippen molar-refractivity contribution in [2.24, 2.45) is 0 Å². The number of aromatic nitrogens is 2. The average molecular weight is 229 g/mol. The van der Waals surface area contributed by atoms with Gasteiger partial charge in [0.25, 0.3) is 0 Å². The molecule has 84 valence electrons. The summed E-state index contributed by atoms with van der Waals surface area (Å²) in [5, 5.41) is 9.90. The molecule has 1 unspecified atom stereocenters. The molecule has 0 bridgehead atoms. The fourth-order valence-corrected chi connectivity index (χ4v) is 3.49. The Morgan fingerprint density at radius 1 is 1.60 bits per heavy atom. The minimum absolute atomic E-state index is 0.0899. The number of hydrogen-bond donors (Lipinski definition) is 2. The minimum Gasteiger partial charge on any atom is -0.307 e. The maximum atomic E-state index is 11.4. The molecule has 2 rings (SSSR count). The number of hydrogen-bond acceptors (Lipinski definition) is 4. The number of aromatic amines is 1. The highest BCUT2D eigenvalue weighted by Crippen LogP contribution is 2.12. The van der Waals surface area contributed by atoms with Gasteiger partial charge in [0.1, 0.15) is 0 Å². The summed E-state index contributed by atoms with van der Waals surface area (Å²) >= 11 is 0. The molecular formula is C9H15N3O2S. The zero-order valence-electron chi connectivity index (χ0n) is 8.44. The van der Waals surface area contributed by atoms with E-state index in [1.807, 2.05) is 6.07 Å². The largest absolute Gasteiger partial charge is 0.307 e. The Morgan fingerprint density at radius 2 is 2.47 bits per heavy atom. The number of nitrogens with zero attached hydrogens (tertiary/aromatic N) is 1. The first-order chi connectivity index (χ1) is 7.16. The molecule has 1 saturated heterocycles. The van der Waals surface area contributed by atoms with Crippen LogP contribution in [0.4, 0.5) is 0 Å². The van der Waals surface area contributed by atoms with Crippen LogP contribution in [0.5, 0.6) is 0 Å². The van der Waals surface area contributed by atoms with Crippen LogP contribution in [0.1, 0.15) is 18.5 Å². The maximum Gasteiger partial charge on any atom is 0.151 e. The van der Waals surface area contributed by atoms with Crippen molar-refractivity contribution in [2.75, 3.05) is 11.5 Å². The lowest BCUT2D eigenvalue weighted by molar-refractivity contribution is 0.477. The van der Waals surface area contributed by atoms with Gasteiger partial charge in [-0.3, -0.25) is 5.10 Å². The molecule has 5 nitrogen and oxygen atoms in total. The molecule has 0 aliphatic carbocycles. The van der Waals surface area contributed by atoms with Gasteiger partial charge in [0.05, 0.1) is 11.5 Å². The van der Waals surface area contributed by atoms with Gasteiger partial charge >= 0.3 is 0 Å². The van der Waals surface area contributed by atoms with Crippen molar-refractivity contribution in [3.8, 4) is 0 Å². The second-order valence-electron chi connectivity index (χ2n) is 3.92. The monoisotopic (exact) mass is 229 g/mol. The Balaban J connectivity index is 1.85. The molecular weight excluding hydrogens is 214 g/mol. The van der Waals surface area contributed by atoms with Crippen molar-refractivity contribution in [1.29, 1.82) is 0 Å². The van der Waals surface area contributed by atoms with Crippen molar-refractivity contribution in [2.45, 2.75) is 25.4 Å². The smallest absolute Gasteiger partial charge is 0.151 e. The molecule has 0 radical (unpaired) electrons. The standard InChI is InChI=1S/C9H15N3O2S/c13-15(14)5-1-2-9(7-15)10-6-8-3-4-11-12-8/h3-4,9-10H,1-2,5-7H2,(H,11,12). The van der Waals surface area contributed by atoms with Gasteiger partial charge in [-0.15, -0.1) is 0 Å². The predicted octanol–water partition coefficient (Wildman–Crippen LogP) is 0.0765. The molecule has 1 aromatic rings. The summed E-state index contributed by atoms with van der Waals surface area (Å²) in [6, 6.07) is 1.97. The van der Waals surface area contributed by atoms with Gasteiger partial charge < -0.3 is 5.32 Å². The molecule has 1 fully saturated rings. The summed E-state index contributed by atoms with van der Waals surface area (Å²) in [6.07, 6.45) is 3.39. The number of sulfone groups is 1. The molecule has 2 heterocycles. The fourth-order valence-electron chi connectivity index (χ4n) is 1.82. The van der Waals surface area contributed by atoms with E-state index >= 15 is 0 Å². The first-order valence-corrected chi connectivity index (χ1v) is 6.90. The van der Waals surface area contributed by atoms with Crippen LogP contribution in [0.25, 0.3) is 0 Å². The number of rotatable bonds is 3. The molecule has 1 aliphatic rings. The van der Waals surface area contributed by atoms with Crippen molar-refractivity contribution >= 4 is 9.84 Å². The van der Waals surface area contributed by atoms with E-state index in [2.05, 4.69) is 15.5 Å². The Kier molecular flexibility index (Phi) is 3.06. The molecule has 2 N–H and O–H groups in total. The molecule has 15 heavy (non-hydrogen) atoms. The fraction of sp³-hybridized carbons (Fsp3) is 0.667. The summed E-state index contributed by atoms with van der Waals surface area (Å²) in [5.41, 5.74) is 0.984. The van der Waals surface area contributed by atoms with Crippen LogP contribution >= 0.6 is 0 Å². The van der Waals surface area contributed by atoms with Gasteiger partial charge in [-0.2, -0.15) is 5.10 Å². The van der Waals surface area contributed by atoms with Crippen LogP contribution < -0.4 is 5.32 Å². The normalized spacial score (nSPS) is 25.2. The van der Waals surface area contributed by atoms with Crippen molar-refractivity contribution in [3.05, 3.63) is 18.0 Å². The third kappa shape index (κ3) is 3.04. The quantitative estimate of drug-likeness (QED) is 0.769. The lowest BCUT2D eigenvalue weighted by Gasteiger charge is -2.22. The first-order valence-electron chi connectivity index (χ1n) is 5.08. The molecule has 0 saturated carbocycles. The third-order valence-corrected chi connectivity index (χ3v) is 4.42. The molecule has 0 amide bonds. The van der Waals surface area contributed by atoms with E-state index in [1.165, 1.54) is 0 Å². The van der Waals surface area contributed by atoms with Gasteiger partial charge in [-0.25, -0.2) is 8.42 Å². The van der Waals surface area contributed by atoms with Crippen molar-refractivity contribution in [1.82, 2.24) is 15.5 Å². The minimum atomic E-state index is -2.81. The highest BCUT2D eigenvalue weighted by molar-refractivity contribution is 7.91. The Hall–Kier alpha value is -0.880. The van der Waals surface area contributed by atoms with Crippen LogP contribution in [0.3, 0.4) is 0 Å². The first kappa shape index (κ1) is 10.6. The van der Waals surface area contributed by atoms with Crippen LogP contribution in [0.2, 0.25) is 0 Å². The maximum absolute atomic E-state index is 11.4. The van der Waals surface area contributed by atoms with E-state index in [-0.39, 0.29) is 11.8 Å². The summed E-state index contributed by atoms with van der Waals surface area (Å²) in [7, 11) is -2.81. The predicted molar refractivity (Wildman–Crippen MR) is 57.1 cm³/mol. The van der Waals surface area contributed by atoms with Crippen LogP contribution in [-0.4, -0.2) is 36.2 Å². The van der Waals surface area contributed by atoms with Crippen LogP contribution in [0, 0.1) is 0 Å². The summed E-state index contributed by atoms with van der Waals surface area (Å²) in [6.45, 7) is 0.653. The molecule has 1 atom stereocenters.